The molecule has 0 saturated heterocycles. The molecule has 2 unspecified atom stereocenters. The molecular weight excluding hydrogens is 240 g/mol. The minimum Gasteiger partial charge on any atom is -0.469 e. The lowest BCUT2D eigenvalue weighted by Crippen LogP contribution is -2.73. The molecule has 0 spiro atoms. The van der Waals surface area contributed by atoms with Crippen LogP contribution < -0.4 is 11.1 Å². The summed E-state index contributed by atoms with van der Waals surface area (Å²) in [6.45, 7) is 8.91. The topological polar surface area (TPSA) is 60.4 Å². The van der Waals surface area contributed by atoms with Gasteiger partial charge in [-0.15, -0.1) is 0 Å². The predicted molar refractivity (Wildman–Crippen MR) is 76.0 cm³/mol. The maximum Gasteiger partial charge on any atom is 0.105 e. The fraction of sp³-hybridized carbons (Fsp3) is 0.733. The number of furan rings is 1. The molecule has 0 aliphatic heterocycles. The number of ether oxygens (including phenoxy) is 1. The van der Waals surface area contributed by atoms with E-state index in [1.54, 1.807) is 6.26 Å². The Morgan fingerprint density at radius 1 is 1.53 bits per heavy atom. The van der Waals surface area contributed by atoms with E-state index < -0.39 is 0 Å². The Morgan fingerprint density at radius 3 is 2.89 bits per heavy atom. The minimum absolute atomic E-state index is 0.0285. The van der Waals surface area contributed by atoms with Gasteiger partial charge in [0.05, 0.1) is 12.4 Å². The zero-order valence-electron chi connectivity index (χ0n) is 12.2. The summed E-state index contributed by atoms with van der Waals surface area (Å²) in [4.78, 5) is 0. The van der Waals surface area contributed by atoms with Crippen LogP contribution in [0.5, 0.6) is 0 Å². The fourth-order valence-electron chi connectivity index (χ4n) is 2.78. The summed E-state index contributed by atoms with van der Waals surface area (Å²) in [6.07, 6.45) is 3.83. The summed E-state index contributed by atoms with van der Waals surface area (Å²) in [7, 11) is 0. The van der Waals surface area contributed by atoms with Crippen molar-refractivity contribution in [3.8, 4) is 0 Å². The van der Waals surface area contributed by atoms with E-state index in [-0.39, 0.29) is 17.1 Å². The summed E-state index contributed by atoms with van der Waals surface area (Å²) in [5.41, 5.74) is 6.35. The third-order valence-corrected chi connectivity index (χ3v) is 4.57. The largest absolute Gasteiger partial charge is 0.469 e. The van der Waals surface area contributed by atoms with Crippen molar-refractivity contribution in [3.63, 3.8) is 0 Å². The molecule has 1 aromatic rings. The molecule has 1 aliphatic carbocycles. The van der Waals surface area contributed by atoms with Gasteiger partial charge in [0.25, 0.3) is 0 Å². The zero-order chi connectivity index (χ0) is 13.9. The van der Waals surface area contributed by atoms with Gasteiger partial charge in [0.15, 0.2) is 0 Å². The van der Waals surface area contributed by atoms with E-state index in [9.17, 15) is 0 Å². The molecule has 0 aromatic carbocycles. The van der Waals surface area contributed by atoms with Gasteiger partial charge in [-0.2, -0.15) is 0 Å². The SMILES string of the molecule is CCOC1CC(N)(CNCCc2ccco2)C1(C)C. The molecule has 2 rings (SSSR count). The second-order valence-corrected chi connectivity index (χ2v) is 6.03. The maximum absolute atomic E-state index is 6.49. The van der Waals surface area contributed by atoms with Gasteiger partial charge in [-0.1, -0.05) is 13.8 Å². The van der Waals surface area contributed by atoms with Gasteiger partial charge >= 0.3 is 0 Å². The molecule has 19 heavy (non-hydrogen) atoms. The number of nitrogens with one attached hydrogen (secondary N) is 1. The van der Waals surface area contributed by atoms with Crippen LogP contribution in [0.4, 0.5) is 0 Å². The van der Waals surface area contributed by atoms with Crippen molar-refractivity contribution in [2.45, 2.75) is 45.3 Å². The molecule has 2 atom stereocenters. The highest BCUT2D eigenvalue weighted by atomic mass is 16.5. The molecule has 1 aromatic heterocycles. The van der Waals surface area contributed by atoms with Crippen LogP contribution in [0.15, 0.2) is 22.8 Å². The van der Waals surface area contributed by atoms with Crippen LogP contribution in [0.1, 0.15) is 33.0 Å². The summed E-state index contributed by atoms with van der Waals surface area (Å²) < 4.78 is 11.0. The Kier molecular flexibility index (Phi) is 4.33. The molecule has 0 radical (unpaired) electrons. The van der Waals surface area contributed by atoms with Crippen molar-refractivity contribution in [1.82, 2.24) is 5.32 Å². The van der Waals surface area contributed by atoms with Crippen molar-refractivity contribution >= 4 is 0 Å². The summed E-state index contributed by atoms with van der Waals surface area (Å²) in [5, 5.41) is 3.44. The van der Waals surface area contributed by atoms with E-state index in [2.05, 4.69) is 19.2 Å². The van der Waals surface area contributed by atoms with Crippen molar-refractivity contribution < 1.29 is 9.15 Å². The monoisotopic (exact) mass is 266 g/mol. The molecule has 0 amide bonds. The molecule has 4 nitrogen and oxygen atoms in total. The molecule has 108 valence electrons. The zero-order valence-corrected chi connectivity index (χ0v) is 12.2. The van der Waals surface area contributed by atoms with E-state index in [0.29, 0.717) is 0 Å². The lowest BCUT2D eigenvalue weighted by atomic mass is 9.54. The normalized spacial score (nSPS) is 29.2. The number of rotatable bonds is 7. The average Bonchev–Trinajstić information content (AvgIpc) is 2.87. The predicted octanol–water partition coefficient (Wildman–Crippen LogP) is 1.94. The second kappa shape index (κ2) is 5.65. The first-order chi connectivity index (χ1) is 8.99. The summed E-state index contributed by atoms with van der Waals surface area (Å²) in [6, 6.07) is 3.92. The molecule has 4 heteroatoms. The standard InChI is InChI=1S/C15H26N2O2/c1-4-18-13-10-15(16,14(13,2)3)11-17-8-7-12-6-5-9-19-12/h5-6,9,13,17H,4,7-8,10-11,16H2,1-3H3. The minimum atomic E-state index is -0.171. The lowest BCUT2D eigenvalue weighted by Gasteiger charge is -2.59. The number of hydrogen-bond donors (Lipinski definition) is 2. The molecule has 1 saturated carbocycles. The van der Waals surface area contributed by atoms with E-state index >= 15 is 0 Å². The molecule has 3 N–H and O–H groups in total. The van der Waals surface area contributed by atoms with Crippen molar-refractivity contribution in [3.05, 3.63) is 24.2 Å². The fourth-order valence-corrected chi connectivity index (χ4v) is 2.78. The van der Waals surface area contributed by atoms with Gasteiger partial charge in [0.2, 0.25) is 0 Å². The van der Waals surface area contributed by atoms with Crippen LogP contribution >= 0.6 is 0 Å². The average molecular weight is 266 g/mol. The Morgan fingerprint density at radius 2 is 2.32 bits per heavy atom. The summed E-state index contributed by atoms with van der Waals surface area (Å²) in [5.74, 6) is 1.01. The van der Waals surface area contributed by atoms with Gasteiger partial charge in [-0.05, 0) is 25.5 Å². The Labute approximate surface area is 115 Å². The van der Waals surface area contributed by atoms with Gasteiger partial charge in [0, 0.05) is 37.1 Å². The molecule has 1 heterocycles. The van der Waals surface area contributed by atoms with Crippen LogP contribution in [-0.4, -0.2) is 31.3 Å². The van der Waals surface area contributed by atoms with E-state index in [4.69, 9.17) is 14.9 Å². The highest BCUT2D eigenvalue weighted by Crippen LogP contribution is 2.49. The van der Waals surface area contributed by atoms with E-state index in [1.165, 1.54) is 0 Å². The molecule has 0 bridgehead atoms. The first-order valence-corrected chi connectivity index (χ1v) is 7.13. The third kappa shape index (κ3) is 2.86. The Balaban J connectivity index is 1.74. The van der Waals surface area contributed by atoms with E-state index in [1.807, 2.05) is 19.1 Å². The first kappa shape index (κ1) is 14.6. The van der Waals surface area contributed by atoms with Crippen molar-refractivity contribution in [2.24, 2.45) is 11.1 Å². The van der Waals surface area contributed by atoms with Crippen LogP contribution in [0.25, 0.3) is 0 Å². The number of nitrogens with two attached hydrogens (primary N) is 1. The Hall–Kier alpha value is -0.840. The van der Waals surface area contributed by atoms with Crippen LogP contribution in [-0.2, 0) is 11.2 Å². The molecular formula is C15H26N2O2. The third-order valence-electron chi connectivity index (χ3n) is 4.57. The van der Waals surface area contributed by atoms with Crippen LogP contribution in [0.3, 0.4) is 0 Å². The van der Waals surface area contributed by atoms with Gasteiger partial charge in [0.1, 0.15) is 5.76 Å². The van der Waals surface area contributed by atoms with Gasteiger partial charge in [-0.3, -0.25) is 0 Å². The second-order valence-electron chi connectivity index (χ2n) is 6.03. The summed E-state index contributed by atoms with van der Waals surface area (Å²) >= 11 is 0. The van der Waals surface area contributed by atoms with Crippen LogP contribution in [0.2, 0.25) is 0 Å². The smallest absolute Gasteiger partial charge is 0.105 e. The Bertz CT molecular complexity index is 389. The van der Waals surface area contributed by atoms with E-state index in [0.717, 1.165) is 38.3 Å². The highest BCUT2D eigenvalue weighted by molar-refractivity contribution is 5.14. The quantitative estimate of drug-likeness (QED) is 0.741. The van der Waals surface area contributed by atoms with Crippen LogP contribution in [0, 0.1) is 5.41 Å². The van der Waals surface area contributed by atoms with Gasteiger partial charge < -0.3 is 20.2 Å². The maximum atomic E-state index is 6.49. The number of hydrogen-bond acceptors (Lipinski definition) is 4. The lowest BCUT2D eigenvalue weighted by molar-refractivity contribution is -0.148. The van der Waals surface area contributed by atoms with Gasteiger partial charge in [-0.25, -0.2) is 0 Å². The molecule has 1 fully saturated rings. The first-order valence-electron chi connectivity index (χ1n) is 7.13. The highest BCUT2D eigenvalue weighted by Gasteiger charge is 2.57. The van der Waals surface area contributed by atoms with Crippen molar-refractivity contribution in [1.29, 1.82) is 0 Å². The van der Waals surface area contributed by atoms with Crippen molar-refractivity contribution in [2.75, 3.05) is 19.7 Å². The molecule has 1 aliphatic rings.